The van der Waals surface area contributed by atoms with Gasteiger partial charge in [0.1, 0.15) is 0 Å². The number of aliphatic hydroxyl groups is 1. The molecule has 1 unspecified atom stereocenters. The fourth-order valence-corrected chi connectivity index (χ4v) is 3.67. The topological polar surface area (TPSA) is 40.5 Å². The van der Waals surface area contributed by atoms with Gasteiger partial charge in [-0.1, -0.05) is 25.0 Å². The van der Waals surface area contributed by atoms with E-state index in [-0.39, 0.29) is 18.4 Å². The third-order valence-electron chi connectivity index (χ3n) is 4.98. The highest BCUT2D eigenvalue weighted by Crippen LogP contribution is 2.23. The second-order valence-electron chi connectivity index (χ2n) is 6.42. The molecule has 1 fully saturated rings. The Morgan fingerprint density at radius 1 is 1.14 bits per heavy atom. The highest BCUT2D eigenvalue weighted by molar-refractivity contribution is 5.97. The van der Waals surface area contributed by atoms with Crippen molar-refractivity contribution in [1.29, 1.82) is 0 Å². The number of aryl methyl sites for hydroxylation is 2. The summed E-state index contributed by atoms with van der Waals surface area (Å²) in [6, 6.07) is 6.36. The van der Waals surface area contributed by atoms with Gasteiger partial charge in [0, 0.05) is 11.6 Å². The summed E-state index contributed by atoms with van der Waals surface area (Å²) in [6.07, 6.45) is 7.99. The molecule has 0 aromatic heterocycles. The minimum atomic E-state index is 0.158. The summed E-state index contributed by atoms with van der Waals surface area (Å²) in [4.78, 5) is 14.7. The van der Waals surface area contributed by atoms with Gasteiger partial charge < -0.3 is 5.11 Å². The largest absolute Gasteiger partial charge is 0.395 e. The number of rotatable bonds is 4. The normalized spacial score (nSPS) is 22.8. The zero-order valence-electron chi connectivity index (χ0n) is 12.7. The summed E-state index contributed by atoms with van der Waals surface area (Å²) in [5, 5.41) is 9.54. The molecule has 0 spiro atoms. The Kier molecular flexibility index (Phi) is 4.71. The first kappa shape index (κ1) is 14.7. The molecule has 1 aliphatic carbocycles. The van der Waals surface area contributed by atoms with Crippen molar-refractivity contribution in [3.05, 3.63) is 34.9 Å². The van der Waals surface area contributed by atoms with E-state index in [0.29, 0.717) is 6.54 Å². The number of aliphatic hydroxyl groups excluding tert-OH is 1. The molecule has 1 saturated heterocycles. The maximum absolute atomic E-state index is 12.6. The van der Waals surface area contributed by atoms with Crippen LogP contribution in [0.1, 0.15) is 53.6 Å². The van der Waals surface area contributed by atoms with Gasteiger partial charge in [0.15, 0.2) is 5.78 Å². The molecule has 114 valence electrons. The Labute approximate surface area is 127 Å². The molecule has 3 nitrogen and oxygen atoms in total. The number of fused-ring (bicyclic) bond motifs is 1. The van der Waals surface area contributed by atoms with Crippen LogP contribution >= 0.6 is 0 Å². The Bertz CT molecular complexity index is 512. The summed E-state index contributed by atoms with van der Waals surface area (Å²) in [5.74, 6) is 0.199. The third kappa shape index (κ3) is 3.35. The lowest BCUT2D eigenvalue weighted by Crippen LogP contribution is -2.40. The van der Waals surface area contributed by atoms with Crippen LogP contribution < -0.4 is 0 Å². The first-order valence-corrected chi connectivity index (χ1v) is 8.28. The molecule has 1 aromatic rings. The number of carbonyl (C=O) groups is 1. The van der Waals surface area contributed by atoms with Gasteiger partial charge in [-0.25, -0.2) is 0 Å². The Morgan fingerprint density at radius 2 is 2.00 bits per heavy atom. The van der Waals surface area contributed by atoms with Crippen LogP contribution in [0.25, 0.3) is 0 Å². The molecule has 0 bridgehead atoms. The maximum atomic E-state index is 12.6. The molecule has 21 heavy (non-hydrogen) atoms. The summed E-state index contributed by atoms with van der Waals surface area (Å²) in [6.45, 7) is 1.55. The van der Waals surface area contributed by atoms with Gasteiger partial charge in [0.05, 0.1) is 13.2 Å². The van der Waals surface area contributed by atoms with Gasteiger partial charge in [0.25, 0.3) is 0 Å². The molecule has 3 heteroatoms. The van der Waals surface area contributed by atoms with Gasteiger partial charge in [-0.3, -0.25) is 9.69 Å². The van der Waals surface area contributed by atoms with E-state index in [9.17, 15) is 9.90 Å². The minimum absolute atomic E-state index is 0.158. The molecule has 1 N–H and O–H groups in total. The first-order chi connectivity index (χ1) is 10.3. The van der Waals surface area contributed by atoms with Crippen molar-refractivity contribution in [2.24, 2.45) is 0 Å². The SMILES string of the molecule is O=C(CN1CCCCCC1CO)c1ccc2c(c1)CCC2. The van der Waals surface area contributed by atoms with Gasteiger partial charge in [-0.15, -0.1) is 0 Å². The van der Waals surface area contributed by atoms with Crippen LogP contribution in [-0.4, -0.2) is 41.5 Å². The third-order valence-corrected chi connectivity index (χ3v) is 4.98. The van der Waals surface area contributed by atoms with Crippen molar-refractivity contribution in [2.75, 3.05) is 19.7 Å². The minimum Gasteiger partial charge on any atom is -0.395 e. The zero-order valence-corrected chi connectivity index (χ0v) is 12.7. The summed E-state index contributed by atoms with van der Waals surface area (Å²) in [7, 11) is 0. The summed E-state index contributed by atoms with van der Waals surface area (Å²) in [5.41, 5.74) is 3.61. The van der Waals surface area contributed by atoms with E-state index in [1.54, 1.807) is 0 Å². The number of hydrogen-bond donors (Lipinski definition) is 1. The summed E-state index contributed by atoms with van der Waals surface area (Å²) >= 11 is 0. The fraction of sp³-hybridized carbons (Fsp3) is 0.611. The maximum Gasteiger partial charge on any atom is 0.176 e. The second kappa shape index (κ2) is 6.71. The molecule has 1 aromatic carbocycles. The molecule has 0 amide bonds. The van der Waals surface area contributed by atoms with E-state index < -0.39 is 0 Å². The number of benzene rings is 1. The summed E-state index contributed by atoms with van der Waals surface area (Å²) < 4.78 is 0. The molecule has 1 atom stereocenters. The lowest BCUT2D eigenvalue weighted by Gasteiger charge is -2.27. The predicted molar refractivity (Wildman–Crippen MR) is 83.7 cm³/mol. The molecular formula is C18H25NO2. The van der Waals surface area contributed by atoms with Crippen molar-refractivity contribution in [1.82, 2.24) is 4.90 Å². The van der Waals surface area contributed by atoms with Crippen molar-refractivity contribution in [3.63, 3.8) is 0 Å². The Balaban J connectivity index is 1.70. The highest BCUT2D eigenvalue weighted by atomic mass is 16.3. The number of likely N-dealkylation sites (tertiary alicyclic amines) is 1. The van der Waals surface area contributed by atoms with E-state index in [1.165, 1.54) is 24.0 Å². The second-order valence-corrected chi connectivity index (χ2v) is 6.42. The molecule has 3 rings (SSSR count). The van der Waals surface area contributed by atoms with Gasteiger partial charge in [-0.2, -0.15) is 0 Å². The average Bonchev–Trinajstić information content (AvgIpc) is 2.86. The fourth-order valence-electron chi connectivity index (χ4n) is 3.67. The lowest BCUT2D eigenvalue weighted by atomic mass is 10.0. The number of ketones is 1. The number of nitrogens with zero attached hydrogens (tertiary/aromatic N) is 1. The monoisotopic (exact) mass is 287 g/mol. The molecule has 0 radical (unpaired) electrons. The van der Waals surface area contributed by atoms with Crippen LogP contribution in [-0.2, 0) is 12.8 Å². The van der Waals surface area contributed by atoms with E-state index in [0.717, 1.165) is 44.2 Å². The van der Waals surface area contributed by atoms with Crippen LogP contribution in [0.15, 0.2) is 18.2 Å². The van der Waals surface area contributed by atoms with Gasteiger partial charge in [-0.05, 0) is 55.8 Å². The first-order valence-electron chi connectivity index (χ1n) is 8.28. The number of carbonyl (C=O) groups excluding carboxylic acids is 1. The van der Waals surface area contributed by atoms with Gasteiger partial charge in [0.2, 0.25) is 0 Å². The van der Waals surface area contributed by atoms with Crippen LogP contribution in [0.2, 0.25) is 0 Å². The van der Waals surface area contributed by atoms with Crippen molar-refractivity contribution < 1.29 is 9.90 Å². The van der Waals surface area contributed by atoms with E-state index in [2.05, 4.69) is 17.0 Å². The predicted octanol–water partition coefficient (Wildman–Crippen LogP) is 2.59. The van der Waals surface area contributed by atoms with E-state index in [1.807, 2.05) is 6.07 Å². The van der Waals surface area contributed by atoms with Crippen molar-refractivity contribution >= 4 is 5.78 Å². The standard InChI is InChI=1S/C18H25NO2/c20-13-17-7-2-1-3-10-19(17)12-18(21)16-9-8-14-5-4-6-15(14)11-16/h8-9,11,17,20H,1-7,10,12-13H2. The van der Waals surface area contributed by atoms with Crippen molar-refractivity contribution in [2.45, 2.75) is 51.0 Å². The number of hydrogen-bond acceptors (Lipinski definition) is 3. The molecular weight excluding hydrogens is 262 g/mol. The molecule has 2 aliphatic rings. The average molecular weight is 287 g/mol. The quantitative estimate of drug-likeness (QED) is 0.865. The Morgan fingerprint density at radius 3 is 2.86 bits per heavy atom. The molecule has 0 saturated carbocycles. The molecule has 1 heterocycles. The Hall–Kier alpha value is -1.19. The molecule has 1 aliphatic heterocycles. The van der Waals surface area contributed by atoms with Crippen LogP contribution in [0.5, 0.6) is 0 Å². The van der Waals surface area contributed by atoms with Gasteiger partial charge >= 0.3 is 0 Å². The van der Waals surface area contributed by atoms with E-state index in [4.69, 9.17) is 0 Å². The van der Waals surface area contributed by atoms with Crippen LogP contribution in [0.3, 0.4) is 0 Å². The zero-order chi connectivity index (χ0) is 14.7. The van der Waals surface area contributed by atoms with E-state index >= 15 is 0 Å². The van der Waals surface area contributed by atoms with Crippen molar-refractivity contribution in [3.8, 4) is 0 Å². The van der Waals surface area contributed by atoms with Crippen LogP contribution in [0, 0.1) is 0 Å². The highest BCUT2D eigenvalue weighted by Gasteiger charge is 2.23. The number of Topliss-reactive ketones (excluding diaryl/α,β-unsaturated/α-hetero) is 1. The lowest BCUT2D eigenvalue weighted by molar-refractivity contribution is 0.0826. The van der Waals surface area contributed by atoms with Crippen LogP contribution in [0.4, 0.5) is 0 Å². The smallest absolute Gasteiger partial charge is 0.176 e.